The van der Waals surface area contributed by atoms with Crippen molar-refractivity contribution < 1.29 is 25.2 Å². The number of carboxylic acid groups (broad SMARTS) is 1. The van der Waals surface area contributed by atoms with Gasteiger partial charge in [-0.15, -0.1) is 0 Å². The summed E-state index contributed by atoms with van der Waals surface area (Å²) in [7, 11) is 0. The van der Waals surface area contributed by atoms with Gasteiger partial charge in [-0.05, 0) is 45.0 Å². The summed E-state index contributed by atoms with van der Waals surface area (Å²) in [5.41, 5.74) is -0.0692. The number of rotatable bonds is 7. The SMILES string of the molecule is CCCN(CCC)CCC.O=C(O)C1=CC(O)C(O)C(O)C1. The molecular formula is C16H31NO5. The molecule has 0 saturated heterocycles. The number of aliphatic hydroxyl groups excluding tert-OH is 3. The van der Waals surface area contributed by atoms with Crippen molar-refractivity contribution in [2.45, 2.75) is 64.8 Å². The van der Waals surface area contributed by atoms with Gasteiger partial charge in [-0.1, -0.05) is 20.8 Å². The minimum atomic E-state index is -1.29. The highest BCUT2D eigenvalue weighted by atomic mass is 16.4. The van der Waals surface area contributed by atoms with Gasteiger partial charge in [0.15, 0.2) is 0 Å². The van der Waals surface area contributed by atoms with Crippen molar-refractivity contribution in [1.29, 1.82) is 0 Å². The molecule has 0 aromatic rings. The van der Waals surface area contributed by atoms with E-state index in [0.29, 0.717) is 0 Å². The molecule has 130 valence electrons. The highest BCUT2D eigenvalue weighted by Crippen LogP contribution is 2.19. The summed E-state index contributed by atoms with van der Waals surface area (Å²) >= 11 is 0. The standard InChI is InChI=1S/C9H21N.C7H10O5/c1-4-7-10(8-5-2)9-6-3;8-4-1-3(7(11)12)2-5(9)6(4)10/h4-9H2,1-3H3;1,4-6,8-10H,2H2,(H,11,12). The van der Waals surface area contributed by atoms with Gasteiger partial charge < -0.3 is 25.3 Å². The van der Waals surface area contributed by atoms with E-state index in [9.17, 15) is 4.79 Å². The van der Waals surface area contributed by atoms with Gasteiger partial charge in [0.25, 0.3) is 0 Å². The van der Waals surface area contributed by atoms with Crippen LogP contribution in [0.15, 0.2) is 11.6 Å². The lowest BCUT2D eigenvalue weighted by atomic mass is 9.92. The van der Waals surface area contributed by atoms with Gasteiger partial charge in [0.05, 0.1) is 6.10 Å². The van der Waals surface area contributed by atoms with Crippen LogP contribution in [-0.2, 0) is 4.79 Å². The largest absolute Gasteiger partial charge is 0.478 e. The smallest absolute Gasteiger partial charge is 0.331 e. The minimum absolute atomic E-state index is 0.0692. The van der Waals surface area contributed by atoms with E-state index in [-0.39, 0.29) is 12.0 Å². The fourth-order valence-corrected chi connectivity index (χ4v) is 2.39. The molecule has 22 heavy (non-hydrogen) atoms. The zero-order valence-corrected chi connectivity index (χ0v) is 13.9. The summed E-state index contributed by atoms with van der Waals surface area (Å²) in [6.07, 6.45) is 1.01. The van der Waals surface area contributed by atoms with Gasteiger partial charge in [-0.2, -0.15) is 0 Å². The van der Waals surface area contributed by atoms with Crippen LogP contribution in [0.4, 0.5) is 0 Å². The highest BCUT2D eigenvalue weighted by molar-refractivity contribution is 5.87. The van der Waals surface area contributed by atoms with E-state index < -0.39 is 24.3 Å². The lowest BCUT2D eigenvalue weighted by molar-refractivity contribution is -0.134. The molecule has 0 amide bonds. The summed E-state index contributed by atoms with van der Waals surface area (Å²) in [6.45, 7) is 10.6. The zero-order valence-electron chi connectivity index (χ0n) is 13.9. The number of hydrogen-bond donors (Lipinski definition) is 4. The second-order valence-electron chi connectivity index (χ2n) is 5.59. The molecule has 0 bridgehead atoms. The maximum atomic E-state index is 10.4. The molecule has 6 nitrogen and oxygen atoms in total. The molecule has 0 aliphatic heterocycles. The number of carboxylic acids is 1. The monoisotopic (exact) mass is 317 g/mol. The lowest BCUT2D eigenvalue weighted by Crippen LogP contribution is -2.40. The van der Waals surface area contributed by atoms with Crippen molar-refractivity contribution in [3.8, 4) is 0 Å². The summed E-state index contributed by atoms with van der Waals surface area (Å²) in [4.78, 5) is 12.9. The van der Waals surface area contributed by atoms with E-state index in [2.05, 4.69) is 25.7 Å². The number of hydrogen-bond acceptors (Lipinski definition) is 5. The normalized spacial score (nSPS) is 24.5. The van der Waals surface area contributed by atoms with Gasteiger partial charge in [-0.25, -0.2) is 4.79 Å². The van der Waals surface area contributed by atoms with Crippen LogP contribution < -0.4 is 0 Å². The fraction of sp³-hybridized carbons (Fsp3) is 0.812. The molecule has 6 heteroatoms. The average molecular weight is 317 g/mol. The van der Waals surface area contributed by atoms with Crippen LogP contribution in [0.25, 0.3) is 0 Å². The van der Waals surface area contributed by atoms with Crippen LogP contribution in [0.2, 0.25) is 0 Å². The Hall–Kier alpha value is -0.950. The van der Waals surface area contributed by atoms with Gasteiger partial charge in [0.2, 0.25) is 0 Å². The van der Waals surface area contributed by atoms with Gasteiger partial charge >= 0.3 is 5.97 Å². The summed E-state index contributed by atoms with van der Waals surface area (Å²) in [6, 6.07) is 0. The molecule has 0 aromatic heterocycles. The molecule has 4 N–H and O–H groups in total. The van der Waals surface area contributed by atoms with Crippen LogP contribution in [0.1, 0.15) is 46.5 Å². The van der Waals surface area contributed by atoms with Crippen LogP contribution in [0.3, 0.4) is 0 Å². The maximum Gasteiger partial charge on any atom is 0.331 e. The summed E-state index contributed by atoms with van der Waals surface area (Å²) < 4.78 is 0. The number of aliphatic carboxylic acids is 1. The topological polar surface area (TPSA) is 101 Å². The third kappa shape index (κ3) is 7.89. The molecule has 3 unspecified atom stereocenters. The predicted molar refractivity (Wildman–Crippen MR) is 85.7 cm³/mol. The Labute approximate surface area is 133 Å². The van der Waals surface area contributed by atoms with Crippen LogP contribution in [-0.4, -0.2) is 69.2 Å². The van der Waals surface area contributed by atoms with E-state index in [1.54, 1.807) is 0 Å². The van der Waals surface area contributed by atoms with Crippen molar-refractivity contribution in [1.82, 2.24) is 4.90 Å². The Morgan fingerprint density at radius 2 is 1.55 bits per heavy atom. The number of nitrogens with zero attached hydrogens (tertiary/aromatic N) is 1. The van der Waals surface area contributed by atoms with Gasteiger partial charge in [-0.3, -0.25) is 0 Å². The first kappa shape index (κ1) is 21.0. The van der Waals surface area contributed by atoms with Gasteiger partial charge in [0, 0.05) is 12.0 Å². The van der Waals surface area contributed by atoms with Gasteiger partial charge in [0.1, 0.15) is 12.2 Å². The Kier molecular flexibility index (Phi) is 11.1. The minimum Gasteiger partial charge on any atom is -0.478 e. The summed E-state index contributed by atoms with van der Waals surface area (Å²) in [5, 5.41) is 35.6. The van der Waals surface area contributed by atoms with E-state index in [0.717, 1.165) is 6.08 Å². The molecule has 1 aliphatic rings. The molecule has 0 fully saturated rings. The second-order valence-corrected chi connectivity index (χ2v) is 5.59. The molecule has 0 saturated carbocycles. The first-order chi connectivity index (χ1) is 10.4. The first-order valence-corrected chi connectivity index (χ1v) is 8.07. The molecule has 1 rings (SSSR count). The zero-order chi connectivity index (χ0) is 17.1. The number of carbonyl (C=O) groups is 1. The Morgan fingerprint density at radius 1 is 1.09 bits per heavy atom. The quantitative estimate of drug-likeness (QED) is 0.559. The van der Waals surface area contributed by atoms with Crippen molar-refractivity contribution in [3.63, 3.8) is 0 Å². The van der Waals surface area contributed by atoms with E-state index in [4.69, 9.17) is 20.4 Å². The molecule has 0 spiro atoms. The molecule has 1 aliphatic carbocycles. The fourth-order valence-electron chi connectivity index (χ4n) is 2.39. The van der Waals surface area contributed by atoms with Crippen molar-refractivity contribution in [2.24, 2.45) is 0 Å². The maximum absolute atomic E-state index is 10.4. The van der Waals surface area contributed by atoms with Crippen molar-refractivity contribution in [2.75, 3.05) is 19.6 Å². The summed E-state index contributed by atoms with van der Waals surface area (Å²) in [5.74, 6) is -1.18. The second kappa shape index (κ2) is 11.6. The molecular weight excluding hydrogens is 286 g/mol. The number of aliphatic hydroxyl groups is 3. The molecule has 0 heterocycles. The third-order valence-corrected chi connectivity index (χ3v) is 3.44. The Morgan fingerprint density at radius 3 is 1.86 bits per heavy atom. The van der Waals surface area contributed by atoms with Crippen LogP contribution >= 0.6 is 0 Å². The molecule has 0 aromatic carbocycles. The van der Waals surface area contributed by atoms with Crippen LogP contribution in [0, 0.1) is 0 Å². The highest BCUT2D eigenvalue weighted by Gasteiger charge is 2.31. The van der Waals surface area contributed by atoms with E-state index in [1.165, 1.54) is 38.9 Å². The average Bonchev–Trinajstić information content (AvgIpc) is 2.45. The molecule has 3 atom stereocenters. The first-order valence-electron chi connectivity index (χ1n) is 8.07. The molecule has 0 radical (unpaired) electrons. The predicted octanol–water partition coefficient (Wildman–Crippen LogP) is 1.00. The third-order valence-electron chi connectivity index (χ3n) is 3.44. The van der Waals surface area contributed by atoms with Crippen molar-refractivity contribution in [3.05, 3.63) is 11.6 Å². The lowest BCUT2D eigenvalue weighted by Gasteiger charge is -2.25. The van der Waals surface area contributed by atoms with Crippen molar-refractivity contribution >= 4 is 5.97 Å². The Balaban J connectivity index is 0.000000409. The van der Waals surface area contributed by atoms with E-state index >= 15 is 0 Å². The van der Waals surface area contributed by atoms with Crippen LogP contribution in [0.5, 0.6) is 0 Å². The Bertz CT molecular complexity index is 331. The van der Waals surface area contributed by atoms with E-state index in [1.807, 2.05) is 0 Å².